The Kier molecular flexibility index (Phi) is 7.08. The van der Waals surface area contributed by atoms with Gasteiger partial charge in [0.25, 0.3) is 0 Å². The Labute approximate surface area is 305 Å². The van der Waals surface area contributed by atoms with Crippen LogP contribution in [0.15, 0.2) is 176 Å². The van der Waals surface area contributed by atoms with E-state index in [2.05, 4.69) is 205 Å². The number of benzene rings is 6. The van der Waals surface area contributed by atoms with Crippen molar-refractivity contribution < 1.29 is 0 Å². The molecular weight excluding hydrogens is 629 g/mol. The Balaban J connectivity index is 1.05. The molecule has 0 aliphatic heterocycles. The molecule has 2 aromatic heterocycles. The van der Waals surface area contributed by atoms with Crippen molar-refractivity contribution in [3.05, 3.63) is 193 Å². The first-order chi connectivity index (χ1) is 25.6. The highest BCUT2D eigenvalue weighted by Gasteiger charge is 2.33. The lowest BCUT2D eigenvalue weighted by Crippen LogP contribution is -2.26. The van der Waals surface area contributed by atoms with Crippen LogP contribution in [0.5, 0.6) is 0 Å². The number of hydrogen-bond donors (Lipinski definition) is 0. The molecule has 2 aliphatic carbocycles. The van der Waals surface area contributed by atoms with Crippen LogP contribution in [0.4, 0.5) is 0 Å². The Morgan fingerprint density at radius 2 is 1.21 bits per heavy atom. The number of rotatable bonds is 5. The summed E-state index contributed by atoms with van der Waals surface area (Å²) in [6, 6.07) is 53.8. The molecular formula is C50H40N2. The molecule has 3 unspecified atom stereocenters. The maximum atomic E-state index is 2.58. The molecule has 8 aromatic rings. The normalized spacial score (nSPS) is 19.5. The van der Waals surface area contributed by atoms with E-state index in [0.717, 1.165) is 6.42 Å². The van der Waals surface area contributed by atoms with Crippen molar-refractivity contribution in [2.45, 2.75) is 31.7 Å². The first-order valence-electron chi connectivity index (χ1n) is 18.5. The van der Waals surface area contributed by atoms with E-state index in [1.807, 2.05) is 0 Å². The summed E-state index contributed by atoms with van der Waals surface area (Å²) in [5.41, 5.74) is 13.9. The quantitative estimate of drug-likeness (QED) is 0.173. The van der Waals surface area contributed by atoms with Gasteiger partial charge in [-0.2, -0.15) is 0 Å². The molecule has 250 valence electrons. The molecule has 0 amide bonds. The van der Waals surface area contributed by atoms with E-state index in [1.54, 1.807) is 0 Å². The van der Waals surface area contributed by atoms with Crippen molar-refractivity contribution in [1.82, 2.24) is 9.13 Å². The van der Waals surface area contributed by atoms with Gasteiger partial charge in [-0.1, -0.05) is 153 Å². The zero-order valence-electron chi connectivity index (χ0n) is 29.6. The highest BCUT2D eigenvalue weighted by Crippen LogP contribution is 2.44. The monoisotopic (exact) mass is 668 g/mol. The molecule has 3 atom stereocenters. The van der Waals surface area contributed by atoms with Crippen molar-refractivity contribution in [2.24, 2.45) is 5.92 Å². The largest absolute Gasteiger partial charge is 0.333 e. The lowest BCUT2D eigenvalue weighted by atomic mass is 9.73. The van der Waals surface area contributed by atoms with Crippen molar-refractivity contribution in [1.29, 1.82) is 0 Å². The molecule has 0 saturated carbocycles. The van der Waals surface area contributed by atoms with Gasteiger partial charge in [-0.05, 0) is 88.2 Å². The molecule has 2 aliphatic rings. The fourth-order valence-electron chi connectivity index (χ4n) is 8.87. The molecule has 0 fully saturated rings. The molecule has 2 heterocycles. The maximum absolute atomic E-state index is 2.58. The SMILES string of the molecule is CC1C=CC=CC1n1c2c(c3ccccc31)CC(C)(c1ccc3c(c1)c1ccccc1n3-c1cccc(-c3ccc(-c4ccccc4)cc3)c1)C=C2. The molecule has 0 N–H and O–H groups in total. The number of aromatic nitrogens is 2. The second-order valence-electron chi connectivity index (χ2n) is 14.9. The molecule has 2 nitrogen and oxygen atoms in total. The van der Waals surface area contributed by atoms with E-state index in [9.17, 15) is 0 Å². The zero-order valence-corrected chi connectivity index (χ0v) is 29.6. The third-order valence-electron chi connectivity index (χ3n) is 11.6. The van der Waals surface area contributed by atoms with Gasteiger partial charge in [0.2, 0.25) is 0 Å². The number of para-hydroxylation sites is 2. The van der Waals surface area contributed by atoms with Crippen LogP contribution >= 0.6 is 0 Å². The van der Waals surface area contributed by atoms with Gasteiger partial charge in [-0.15, -0.1) is 0 Å². The van der Waals surface area contributed by atoms with E-state index >= 15 is 0 Å². The summed E-state index contributed by atoms with van der Waals surface area (Å²) < 4.78 is 5.02. The second-order valence-corrected chi connectivity index (χ2v) is 14.9. The van der Waals surface area contributed by atoms with Crippen LogP contribution in [-0.2, 0) is 11.8 Å². The average Bonchev–Trinajstić information content (AvgIpc) is 3.70. The van der Waals surface area contributed by atoms with E-state index in [4.69, 9.17) is 0 Å². The third-order valence-corrected chi connectivity index (χ3v) is 11.6. The summed E-state index contributed by atoms with van der Waals surface area (Å²) >= 11 is 0. The lowest BCUT2D eigenvalue weighted by molar-refractivity contribution is 0.491. The van der Waals surface area contributed by atoms with Crippen LogP contribution in [0.1, 0.15) is 36.7 Å². The van der Waals surface area contributed by atoms with Gasteiger partial charge < -0.3 is 9.13 Å². The summed E-state index contributed by atoms with van der Waals surface area (Å²) in [7, 11) is 0. The highest BCUT2D eigenvalue weighted by atomic mass is 15.0. The van der Waals surface area contributed by atoms with Gasteiger partial charge in [0, 0.05) is 38.5 Å². The molecule has 0 radical (unpaired) electrons. The van der Waals surface area contributed by atoms with Gasteiger partial charge in [0.1, 0.15) is 0 Å². The van der Waals surface area contributed by atoms with Gasteiger partial charge in [0.15, 0.2) is 0 Å². The van der Waals surface area contributed by atoms with Crippen LogP contribution in [-0.4, -0.2) is 9.13 Å². The van der Waals surface area contributed by atoms with Gasteiger partial charge in [-0.3, -0.25) is 0 Å². The highest BCUT2D eigenvalue weighted by molar-refractivity contribution is 6.09. The summed E-state index contributed by atoms with van der Waals surface area (Å²) in [5.74, 6) is 0.437. The molecule has 0 bridgehead atoms. The standard InChI is InChI=1S/C50H40N2/c1-34-13-6-9-20-45(34)52-47-22-11-8-19-42(47)44-33-50(2,30-29-49(44)52)39-27-28-48-43(32-39)41-18-7-10-21-46(41)51(48)40-17-12-16-38(31-40)37-25-23-36(24-26-37)35-14-4-3-5-15-35/h3-32,34,45H,33H2,1-2H3. The van der Waals surface area contributed by atoms with Crippen LogP contribution in [0, 0.1) is 5.92 Å². The summed E-state index contributed by atoms with van der Waals surface area (Å²) in [4.78, 5) is 0. The Hall–Kier alpha value is -6.12. The van der Waals surface area contributed by atoms with Crippen molar-refractivity contribution in [3.8, 4) is 27.9 Å². The summed E-state index contributed by atoms with van der Waals surface area (Å²) in [6.45, 7) is 4.74. The summed E-state index contributed by atoms with van der Waals surface area (Å²) in [5, 5.41) is 3.95. The van der Waals surface area contributed by atoms with E-state index in [0.29, 0.717) is 12.0 Å². The predicted octanol–water partition coefficient (Wildman–Crippen LogP) is 12.9. The van der Waals surface area contributed by atoms with Gasteiger partial charge >= 0.3 is 0 Å². The molecule has 10 rings (SSSR count). The van der Waals surface area contributed by atoms with Crippen LogP contribution in [0.3, 0.4) is 0 Å². The third kappa shape index (κ3) is 4.86. The van der Waals surface area contributed by atoms with E-state index in [1.165, 1.54) is 77.5 Å². The minimum Gasteiger partial charge on any atom is -0.333 e. The Morgan fingerprint density at radius 3 is 2.02 bits per heavy atom. The zero-order chi connectivity index (χ0) is 34.8. The lowest BCUT2D eigenvalue weighted by Gasteiger charge is -2.32. The van der Waals surface area contributed by atoms with Crippen molar-refractivity contribution in [3.63, 3.8) is 0 Å². The van der Waals surface area contributed by atoms with Crippen molar-refractivity contribution in [2.75, 3.05) is 0 Å². The molecule has 52 heavy (non-hydrogen) atoms. The van der Waals surface area contributed by atoms with Gasteiger partial charge in [-0.25, -0.2) is 0 Å². The topological polar surface area (TPSA) is 9.86 Å². The predicted molar refractivity (Wildman–Crippen MR) is 220 cm³/mol. The summed E-state index contributed by atoms with van der Waals surface area (Å²) in [6.07, 6.45) is 14.9. The van der Waals surface area contributed by atoms with Gasteiger partial charge in [0.05, 0.1) is 17.1 Å². The number of hydrogen-bond acceptors (Lipinski definition) is 0. The second kappa shape index (κ2) is 12.0. The minimum absolute atomic E-state index is 0.140. The number of fused-ring (bicyclic) bond motifs is 6. The fourth-order valence-corrected chi connectivity index (χ4v) is 8.87. The Bertz CT molecular complexity index is 2730. The van der Waals surface area contributed by atoms with Crippen molar-refractivity contribution >= 4 is 38.8 Å². The van der Waals surface area contributed by atoms with E-state index in [-0.39, 0.29) is 5.41 Å². The molecule has 0 spiro atoms. The number of allylic oxidation sites excluding steroid dienone is 5. The molecule has 0 saturated heterocycles. The average molecular weight is 669 g/mol. The first-order valence-corrected chi connectivity index (χ1v) is 18.5. The number of nitrogens with zero attached hydrogens (tertiary/aromatic N) is 2. The minimum atomic E-state index is -0.140. The molecule has 2 heteroatoms. The van der Waals surface area contributed by atoms with Crippen LogP contribution in [0.25, 0.3) is 66.7 Å². The maximum Gasteiger partial charge on any atom is 0.0585 e. The van der Waals surface area contributed by atoms with Crippen LogP contribution in [0.2, 0.25) is 0 Å². The fraction of sp³-hybridized carbons (Fsp3) is 0.120. The molecule has 6 aromatic carbocycles. The Morgan fingerprint density at radius 1 is 0.558 bits per heavy atom. The van der Waals surface area contributed by atoms with Crippen LogP contribution < -0.4 is 0 Å². The smallest absolute Gasteiger partial charge is 0.0585 e. The van der Waals surface area contributed by atoms with E-state index < -0.39 is 0 Å². The first kappa shape index (κ1) is 30.7.